The third kappa shape index (κ3) is 4.82. The van der Waals surface area contributed by atoms with E-state index in [1.54, 1.807) is 17.7 Å². The normalized spacial score (nSPS) is 16.0. The Labute approximate surface area is 206 Å². The summed E-state index contributed by atoms with van der Waals surface area (Å²) in [4.78, 5) is 18.1. The van der Waals surface area contributed by atoms with E-state index in [1.165, 1.54) is 23.9 Å². The molecule has 0 aliphatic carbocycles. The van der Waals surface area contributed by atoms with Gasteiger partial charge in [-0.2, -0.15) is 0 Å². The molecule has 0 bridgehead atoms. The predicted octanol–water partition coefficient (Wildman–Crippen LogP) is 5.64. The number of benzene rings is 3. The van der Waals surface area contributed by atoms with Gasteiger partial charge < -0.3 is 14.2 Å². The maximum absolute atomic E-state index is 14.5. The Bertz CT molecular complexity index is 1410. The molecule has 180 valence electrons. The second-order valence-electron chi connectivity index (χ2n) is 8.40. The molecule has 6 nitrogen and oxygen atoms in total. The minimum absolute atomic E-state index is 0.127. The molecule has 0 amide bonds. The molecule has 0 radical (unpaired) electrons. The topological polar surface area (TPSA) is 62.6 Å². The van der Waals surface area contributed by atoms with Gasteiger partial charge in [0.25, 0.3) is 5.56 Å². The smallest absolute Gasteiger partial charge is 0.262 e. The molecule has 2 heterocycles. The van der Waals surface area contributed by atoms with E-state index in [1.807, 2.05) is 55.5 Å². The van der Waals surface area contributed by atoms with Crippen molar-refractivity contribution in [3.63, 3.8) is 0 Å². The van der Waals surface area contributed by atoms with Crippen LogP contribution in [0.5, 0.6) is 5.75 Å². The number of fused-ring (bicyclic) bond motifs is 2. The Balaban J connectivity index is 1.49. The molecule has 1 aromatic heterocycles. The largest absolute Gasteiger partial charge is 0.460 e. The molecule has 8 heteroatoms. The van der Waals surface area contributed by atoms with Crippen LogP contribution >= 0.6 is 11.8 Å². The number of nitrogens with zero attached hydrogens (tertiary/aromatic N) is 2. The average molecular weight is 493 g/mol. The van der Waals surface area contributed by atoms with E-state index in [0.29, 0.717) is 45.3 Å². The number of rotatable bonds is 7. The van der Waals surface area contributed by atoms with Gasteiger partial charge in [0.1, 0.15) is 11.6 Å². The van der Waals surface area contributed by atoms with Crippen LogP contribution in [0.25, 0.3) is 10.9 Å². The fourth-order valence-electron chi connectivity index (χ4n) is 4.23. The van der Waals surface area contributed by atoms with Gasteiger partial charge in [-0.05, 0) is 31.2 Å². The van der Waals surface area contributed by atoms with Crippen molar-refractivity contribution in [2.45, 2.75) is 36.8 Å². The first-order valence-electron chi connectivity index (χ1n) is 11.3. The van der Waals surface area contributed by atoms with Gasteiger partial charge in [-0.1, -0.05) is 54.2 Å². The fourth-order valence-corrected chi connectivity index (χ4v) is 5.30. The molecular weight excluding hydrogens is 467 g/mol. The van der Waals surface area contributed by atoms with E-state index in [-0.39, 0.29) is 24.0 Å². The van der Waals surface area contributed by atoms with Crippen LogP contribution in [-0.4, -0.2) is 23.3 Å². The Morgan fingerprint density at radius 1 is 1.17 bits per heavy atom. The van der Waals surface area contributed by atoms with Crippen LogP contribution in [0.15, 0.2) is 76.7 Å². The fraction of sp³-hybridized carbons (Fsp3) is 0.259. The lowest BCUT2D eigenvalue weighted by atomic mass is 10.1. The van der Waals surface area contributed by atoms with E-state index >= 15 is 0 Å². The first-order chi connectivity index (χ1) is 17.0. The van der Waals surface area contributed by atoms with Crippen molar-refractivity contribution in [1.82, 2.24) is 9.55 Å². The number of ether oxygens (including phenoxy) is 3. The van der Waals surface area contributed by atoms with Crippen molar-refractivity contribution in [3.05, 3.63) is 99.6 Å². The van der Waals surface area contributed by atoms with Crippen LogP contribution in [0.1, 0.15) is 35.9 Å². The number of thioether (sulfide) groups is 1. The van der Waals surface area contributed by atoms with E-state index in [9.17, 15) is 9.18 Å². The number of methoxy groups -OCH3 is 1. The highest BCUT2D eigenvalue weighted by atomic mass is 32.2. The number of hydrogen-bond donors (Lipinski definition) is 0. The highest BCUT2D eigenvalue weighted by molar-refractivity contribution is 7.98. The van der Waals surface area contributed by atoms with Crippen LogP contribution in [-0.2, 0) is 21.8 Å². The van der Waals surface area contributed by atoms with E-state index in [4.69, 9.17) is 19.2 Å². The van der Waals surface area contributed by atoms with Crippen LogP contribution in [0.4, 0.5) is 4.39 Å². The van der Waals surface area contributed by atoms with Crippen molar-refractivity contribution in [1.29, 1.82) is 0 Å². The molecule has 1 aliphatic heterocycles. The third-order valence-corrected chi connectivity index (χ3v) is 6.88. The zero-order chi connectivity index (χ0) is 24.4. The molecule has 0 spiro atoms. The molecule has 0 N–H and O–H groups in total. The van der Waals surface area contributed by atoms with Gasteiger partial charge in [-0.25, -0.2) is 9.37 Å². The number of hydrogen-bond acceptors (Lipinski definition) is 6. The molecule has 4 aromatic rings. The second-order valence-corrected chi connectivity index (χ2v) is 9.35. The Morgan fingerprint density at radius 3 is 2.74 bits per heavy atom. The quantitative estimate of drug-likeness (QED) is 0.246. The van der Waals surface area contributed by atoms with Crippen molar-refractivity contribution < 1.29 is 18.6 Å². The van der Waals surface area contributed by atoms with Gasteiger partial charge in [0.2, 0.25) is 6.29 Å². The molecule has 2 atom stereocenters. The SMILES string of the molecule is COCC(C)n1c(SCc2cc(F)cc3c2OC(c2ccccc2)OC3)nc2ccccc2c1=O. The van der Waals surface area contributed by atoms with Crippen molar-refractivity contribution in [2.75, 3.05) is 13.7 Å². The van der Waals surface area contributed by atoms with E-state index < -0.39 is 6.29 Å². The summed E-state index contributed by atoms with van der Waals surface area (Å²) in [7, 11) is 1.60. The first kappa shape index (κ1) is 23.5. The second kappa shape index (κ2) is 10.2. The zero-order valence-electron chi connectivity index (χ0n) is 19.4. The Morgan fingerprint density at radius 2 is 1.94 bits per heavy atom. The van der Waals surface area contributed by atoms with E-state index in [2.05, 4.69) is 0 Å². The summed E-state index contributed by atoms with van der Waals surface area (Å²) in [6.07, 6.45) is -0.573. The highest BCUT2D eigenvalue weighted by Gasteiger charge is 2.26. The molecule has 0 saturated carbocycles. The van der Waals surface area contributed by atoms with Gasteiger partial charge in [0.05, 0.1) is 30.2 Å². The van der Waals surface area contributed by atoms with Gasteiger partial charge in [0.15, 0.2) is 5.16 Å². The summed E-state index contributed by atoms with van der Waals surface area (Å²) in [5, 5.41) is 1.09. The van der Waals surface area contributed by atoms with Crippen molar-refractivity contribution in [3.8, 4) is 5.75 Å². The summed E-state index contributed by atoms with van der Waals surface area (Å²) in [5.41, 5.74) is 2.72. The molecule has 1 aliphatic rings. The van der Waals surface area contributed by atoms with Gasteiger partial charge in [-0.15, -0.1) is 0 Å². The van der Waals surface area contributed by atoms with Crippen LogP contribution in [0.2, 0.25) is 0 Å². The van der Waals surface area contributed by atoms with Crippen molar-refractivity contribution in [2.24, 2.45) is 0 Å². The van der Waals surface area contributed by atoms with Crippen molar-refractivity contribution >= 4 is 22.7 Å². The molecule has 2 unspecified atom stereocenters. The van der Waals surface area contributed by atoms with Crippen LogP contribution < -0.4 is 10.3 Å². The summed E-state index contributed by atoms with van der Waals surface area (Å²) >= 11 is 1.37. The minimum Gasteiger partial charge on any atom is -0.460 e. The van der Waals surface area contributed by atoms with E-state index in [0.717, 1.165) is 5.56 Å². The molecule has 5 rings (SSSR count). The Kier molecular flexibility index (Phi) is 6.86. The predicted molar refractivity (Wildman–Crippen MR) is 133 cm³/mol. The third-order valence-electron chi connectivity index (χ3n) is 5.88. The summed E-state index contributed by atoms with van der Waals surface area (Å²) in [6, 6.07) is 19.6. The standard InChI is InChI=1S/C27H25FN2O4S/c1-17(14-32-2)30-25(31)22-10-6-7-11-23(22)29-27(30)35-16-20-13-21(28)12-19-15-33-26(34-24(19)20)18-8-4-3-5-9-18/h3-13,17,26H,14-16H2,1-2H3. The summed E-state index contributed by atoms with van der Waals surface area (Å²) < 4.78 is 33.5. The van der Waals surface area contributed by atoms with Gasteiger partial charge >= 0.3 is 0 Å². The average Bonchev–Trinajstić information content (AvgIpc) is 2.87. The maximum Gasteiger partial charge on any atom is 0.262 e. The Hall–Kier alpha value is -3.20. The molecule has 35 heavy (non-hydrogen) atoms. The summed E-state index contributed by atoms with van der Waals surface area (Å²) in [6.45, 7) is 2.52. The molecular formula is C27H25FN2O4S. The van der Waals surface area contributed by atoms with Gasteiger partial charge in [0, 0.05) is 29.6 Å². The lowest BCUT2D eigenvalue weighted by Gasteiger charge is -2.28. The summed E-state index contributed by atoms with van der Waals surface area (Å²) in [5.74, 6) is 0.617. The highest BCUT2D eigenvalue weighted by Crippen LogP contribution is 2.39. The molecule has 0 saturated heterocycles. The number of halogens is 1. The first-order valence-corrected chi connectivity index (χ1v) is 12.3. The zero-order valence-corrected chi connectivity index (χ0v) is 20.3. The van der Waals surface area contributed by atoms with Crippen LogP contribution in [0, 0.1) is 5.82 Å². The lowest BCUT2D eigenvalue weighted by molar-refractivity contribution is -0.112. The number of aromatic nitrogens is 2. The number of para-hydroxylation sites is 1. The lowest BCUT2D eigenvalue weighted by Crippen LogP contribution is -2.28. The van der Waals surface area contributed by atoms with Crippen LogP contribution in [0.3, 0.4) is 0 Å². The molecule has 0 fully saturated rings. The monoisotopic (exact) mass is 492 g/mol. The van der Waals surface area contributed by atoms with Gasteiger partial charge in [-0.3, -0.25) is 9.36 Å². The minimum atomic E-state index is -0.573. The molecule has 3 aromatic carbocycles. The maximum atomic E-state index is 14.5.